The van der Waals surface area contributed by atoms with E-state index in [1.165, 1.54) is 12.3 Å². The van der Waals surface area contributed by atoms with Crippen molar-refractivity contribution in [2.75, 3.05) is 10.5 Å². The average Bonchev–Trinajstić information content (AvgIpc) is 2.36. The highest BCUT2D eigenvalue weighted by Gasteiger charge is 2.18. The molecule has 3 N–H and O–H groups in total. The van der Waals surface area contributed by atoms with E-state index in [2.05, 4.69) is 9.71 Å². The molecule has 0 saturated carbocycles. The van der Waals surface area contributed by atoms with Crippen molar-refractivity contribution in [2.45, 2.75) is 18.7 Å². The molecule has 0 radical (unpaired) electrons. The third-order valence-electron chi connectivity index (χ3n) is 2.88. The van der Waals surface area contributed by atoms with Gasteiger partial charge >= 0.3 is 0 Å². The zero-order valence-electron chi connectivity index (χ0n) is 11.0. The Bertz CT molecular complexity index is 760. The van der Waals surface area contributed by atoms with Gasteiger partial charge < -0.3 is 5.73 Å². The van der Waals surface area contributed by atoms with Crippen molar-refractivity contribution in [3.8, 4) is 0 Å². The van der Waals surface area contributed by atoms with Crippen LogP contribution in [0.15, 0.2) is 35.4 Å². The third kappa shape index (κ3) is 2.86. The van der Waals surface area contributed by atoms with E-state index in [0.29, 0.717) is 27.7 Å². The maximum absolute atomic E-state index is 12.3. The highest BCUT2D eigenvalue weighted by Crippen LogP contribution is 2.24. The molecule has 0 bridgehead atoms. The average molecular weight is 312 g/mol. The number of sulfonamides is 1. The molecule has 0 aliphatic carbocycles. The number of nitrogens with one attached hydrogen (secondary N) is 1. The van der Waals surface area contributed by atoms with E-state index in [1.807, 2.05) is 0 Å². The van der Waals surface area contributed by atoms with Gasteiger partial charge in [-0.1, -0.05) is 17.7 Å². The van der Waals surface area contributed by atoms with Crippen LogP contribution in [0.2, 0.25) is 5.15 Å². The number of rotatable bonds is 3. The second-order valence-corrected chi connectivity index (χ2v) is 6.42. The van der Waals surface area contributed by atoms with E-state index in [9.17, 15) is 8.42 Å². The van der Waals surface area contributed by atoms with Crippen LogP contribution in [0.25, 0.3) is 0 Å². The summed E-state index contributed by atoms with van der Waals surface area (Å²) in [7, 11) is -3.71. The van der Waals surface area contributed by atoms with Crippen molar-refractivity contribution < 1.29 is 8.42 Å². The van der Waals surface area contributed by atoms with Crippen LogP contribution in [0.1, 0.15) is 11.1 Å². The Morgan fingerprint density at radius 1 is 1.30 bits per heavy atom. The number of hydrogen-bond acceptors (Lipinski definition) is 4. The number of anilines is 2. The van der Waals surface area contributed by atoms with Crippen LogP contribution >= 0.6 is 11.6 Å². The van der Waals surface area contributed by atoms with Crippen molar-refractivity contribution >= 4 is 33.0 Å². The number of nitrogen functional groups attached to an aromatic ring is 1. The van der Waals surface area contributed by atoms with Crippen molar-refractivity contribution in [2.24, 2.45) is 0 Å². The normalized spacial score (nSPS) is 11.3. The lowest BCUT2D eigenvalue weighted by Gasteiger charge is -2.12. The first-order chi connectivity index (χ1) is 9.31. The van der Waals surface area contributed by atoms with Gasteiger partial charge in [0.15, 0.2) is 0 Å². The van der Waals surface area contributed by atoms with Gasteiger partial charge in [-0.15, -0.1) is 0 Å². The molecule has 0 aliphatic heterocycles. The zero-order chi connectivity index (χ0) is 14.9. The van der Waals surface area contributed by atoms with Gasteiger partial charge in [0, 0.05) is 5.69 Å². The van der Waals surface area contributed by atoms with E-state index in [-0.39, 0.29) is 4.90 Å². The second-order valence-electron chi connectivity index (χ2n) is 4.41. The fourth-order valence-corrected chi connectivity index (χ4v) is 3.16. The molecule has 0 atom stereocenters. The largest absolute Gasteiger partial charge is 0.398 e. The maximum atomic E-state index is 12.3. The maximum Gasteiger partial charge on any atom is 0.262 e. The van der Waals surface area contributed by atoms with Gasteiger partial charge in [0.2, 0.25) is 0 Å². The number of hydrogen-bond donors (Lipinski definition) is 2. The van der Waals surface area contributed by atoms with Crippen LogP contribution < -0.4 is 10.5 Å². The van der Waals surface area contributed by atoms with Crippen molar-refractivity contribution in [1.29, 1.82) is 0 Å². The first kappa shape index (κ1) is 14.6. The smallest absolute Gasteiger partial charge is 0.262 e. The van der Waals surface area contributed by atoms with Gasteiger partial charge in [0.05, 0.1) is 16.8 Å². The SMILES string of the molecule is Cc1cc(NS(=O)(=O)c2cccc(N)c2C)cnc1Cl. The molecule has 0 aliphatic rings. The highest BCUT2D eigenvalue weighted by molar-refractivity contribution is 7.92. The number of nitrogens with two attached hydrogens (primary N) is 1. The number of nitrogens with zero attached hydrogens (tertiary/aromatic N) is 1. The Morgan fingerprint density at radius 2 is 2.00 bits per heavy atom. The quantitative estimate of drug-likeness (QED) is 0.674. The molecule has 5 nitrogen and oxygen atoms in total. The summed E-state index contributed by atoms with van der Waals surface area (Å²) in [5, 5.41) is 0.341. The Balaban J connectivity index is 2.41. The summed E-state index contributed by atoms with van der Waals surface area (Å²) in [5.41, 5.74) is 7.72. The second kappa shape index (κ2) is 5.30. The van der Waals surface area contributed by atoms with Gasteiger partial charge in [-0.3, -0.25) is 4.72 Å². The molecule has 20 heavy (non-hydrogen) atoms. The third-order valence-corrected chi connectivity index (χ3v) is 4.80. The van der Waals surface area contributed by atoms with E-state index >= 15 is 0 Å². The van der Waals surface area contributed by atoms with Gasteiger partial charge in [-0.2, -0.15) is 0 Å². The number of aromatic nitrogens is 1. The molecule has 106 valence electrons. The Morgan fingerprint density at radius 3 is 2.65 bits per heavy atom. The minimum absolute atomic E-state index is 0.144. The molecule has 2 rings (SSSR count). The number of pyridine rings is 1. The summed E-state index contributed by atoms with van der Waals surface area (Å²) in [6.45, 7) is 3.41. The van der Waals surface area contributed by atoms with Crippen LogP contribution in [0.4, 0.5) is 11.4 Å². The lowest BCUT2D eigenvalue weighted by atomic mass is 10.2. The topological polar surface area (TPSA) is 85.1 Å². The fourth-order valence-electron chi connectivity index (χ4n) is 1.75. The molecule has 1 heterocycles. The van der Waals surface area contributed by atoms with E-state index < -0.39 is 10.0 Å². The monoisotopic (exact) mass is 311 g/mol. The summed E-state index contributed by atoms with van der Waals surface area (Å²) in [5.74, 6) is 0. The standard InChI is InChI=1S/C13H14ClN3O2S/c1-8-6-10(7-16-13(8)14)17-20(18,19)12-5-3-4-11(15)9(12)2/h3-7,17H,15H2,1-2H3. The molecule has 0 fully saturated rings. The zero-order valence-corrected chi connectivity index (χ0v) is 12.6. The predicted octanol–water partition coefficient (Wildman–Crippen LogP) is 2.73. The number of aryl methyl sites for hydroxylation is 1. The summed E-state index contributed by atoms with van der Waals surface area (Å²) in [6.07, 6.45) is 1.37. The lowest BCUT2D eigenvalue weighted by molar-refractivity contribution is 0.600. The van der Waals surface area contributed by atoms with Crippen molar-refractivity contribution in [3.63, 3.8) is 0 Å². The van der Waals surface area contributed by atoms with Gasteiger partial charge in [0.1, 0.15) is 5.15 Å². The summed E-state index contributed by atoms with van der Waals surface area (Å²) < 4.78 is 27.2. The van der Waals surface area contributed by atoms with Crippen LogP contribution in [-0.4, -0.2) is 13.4 Å². The molecule has 2 aromatic rings. The Labute approximate surface area is 122 Å². The Hall–Kier alpha value is -1.79. The van der Waals surface area contributed by atoms with E-state index in [1.54, 1.807) is 32.0 Å². The lowest BCUT2D eigenvalue weighted by Crippen LogP contribution is -2.15. The molecule has 0 spiro atoms. The fraction of sp³-hybridized carbons (Fsp3) is 0.154. The minimum Gasteiger partial charge on any atom is -0.398 e. The molecular weight excluding hydrogens is 298 g/mol. The van der Waals surface area contributed by atoms with Crippen molar-refractivity contribution in [1.82, 2.24) is 4.98 Å². The summed E-state index contributed by atoms with van der Waals surface area (Å²) in [6, 6.07) is 6.38. The van der Waals surface area contributed by atoms with Gasteiger partial charge in [-0.25, -0.2) is 13.4 Å². The van der Waals surface area contributed by atoms with Crippen LogP contribution in [0.5, 0.6) is 0 Å². The van der Waals surface area contributed by atoms with E-state index in [0.717, 1.165) is 0 Å². The summed E-state index contributed by atoms with van der Waals surface area (Å²) in [4.78, 5) is 4.05. The predicted molar refractivity (Wildman–Crippen MR) is 80.4 cm³/mol. The van der Waals surface area contributed by atoms with Gasteiger partial charge in [0.25, 0.3) is 10.0 Å². The van der Waals surface area contributed by atoms with Gasteiger partial charge in [-0.05, 0) is 43.2 Å². The van der Waals surface area contributed by atoms with Crippen molar-refractivity contribution in [3.05, 3.63) is 46.7 Å². The number of halogens is 1. The first-order valence-corrected chi connectivity index (χ1v) is 7.67. The highest BCUT2D eigenvalue weighted by atomic mass is 35.5. The molecule has 0 unspecified atom stereocenters. The van der Waals surface area contributed by atoms with Crippen LogP contribution in [0.3, 0.4) is 0 Å². The molecular formula is C13H14ClN3O2S. The molecule has 7 heteroatoms. The molecule has 0 amide bonds. The summed E-state index contributed by atoms with van der Waals surface area (Å²) >= 11 is 5.81. The molecule has 1 aromatic carbocycles. The number of benzene rings is 1. The molecule has 1 aromatic heterocycles. The molecule has 0 saturated heterocycles. The minimum atomic E-state index is -3.71. The van der Waals surface area contributed by atoms with E-state index in [4.69, 9.17) is 17.3 Å². The first-order valence-electron chi connectivity index (χ1n) is 5.81. The van der Waals surface area contributed by atoms with Crippen LogP contribution in [0, 0.1) is 13.8 Å². The van der Waals surface area contributed by atoms with Crippen LogP contribution in [-0.2, 0) is 10.0 Å². The Kier molecular flexibility index (Phi) is 3.87.